The molecule has 0 atom stereocenters. The molecule has 0 radical (unpaired) electrons. The van der Waals surface area contributed by atoms with Gasteiger partial charge in [0.1, 0.15) is 11.4 Å². The van der Waals surface area contributed by atoms with Crippen molar-refractivity contribution < 1.29 is 5.11 Å². The molecule has 0 aliphatic carbocycles. The van der Waals surface area contributed by atoms with E-state index in [-0.39, 0.29) is 12.2 Å². The molecule has 27 heavy (non-hydrogen) atoms. The van der Waals surface area contributed by atoms with Crippen LogP contribution in [0, 0.1) is 6.92 Å². The summed E-state index contributed by atoms with van der Waals surface area (Å²) in [5, 5.41) is 12.2. The Morgan fingerprint density at radius 1 is 1.33 bits per heavy atom. The fraction of sp³-hybridized carbons (Fsp3) is 0.211. The minimum Gasteiger partial charge on any atom is -0.396 e. The molecule has 0 aliphatic heterocycles. The number of aromatic amines is 2. The molecule has 3 heterocycles. The summed E-state index contributed by atoms with van der Waals surface area (Å²) in [5.41, 5.74) is 4.54. The second-order valence-corrected chi connectivity index (χ2v) is 6.31. The van der Waals surface area contributed by atoms with Crippen LogP contribution >= 0.6 is 0 Å². The maximum absolute atomic E-state index is 12.5. The number of benzene rings is 1. The molecule has 0 spiro atoms. The number of aliphatic hydroxyl groups is 1. The quantitative estimate of drug-likeness (QED) is 0.392. The molecule has 0 saturated carbocycles. The van der Waals surface area contributed by atoms with Crippen molar-refractivity contribution in [3.05, 3.63) is 59.0 Å². The highest BCUT2D eigenvalue weighted by Crippen LogP contribution is 2.27. The largest absolute Gasteiger partial charge is 0.396 e. The second kappa shape index (κ2) is 7.08. The molecule has 1 aromatic carbocycles. The van der Waals surface area contributed by atoms with Gasteiger partial charge in [-0.2, -0.15) is 0 Å². The Morgan fingerprint density at radius 2 is 2.22 bits per heavy atom. The average Bonchev–Trinajstić information content (AvgIpc) is 3.32. The van der Waals surface area contributed by atoms with Crippen molar-refractivity contribution in [2.45, 2.75) is 13.3 Å². The highest BCUT2D eigenvalue weighted by Gasteiger charge is 2.15. The molecular weight excluding hydrogens is 344 g/mol. The van der Waals surface area contributed by atoms with Gasteiger partial charge in [-0.15, -0.1) is 0 Å². The molecule has 0 fully saturated rings. The predicted octanol–water partition coefficient (Wildman–Crippen LogP) is 2.21. The smallest absolute Gasteiger partial charge is 0.261 e. The number of H-pyrrole nitrogens is 2. The van der Waals surface area contributed by atoms with E-state index in [1.165, 1.54) is 0 Å². The van der Waals surface area contributed by atoms with E-state index in [0.29, 0.717) is 30.0 Å². The molecule has 0 unspecified atom stereocenters. The number of hydrogen-bond donors (Lipinski definition) is 4. The van der Waals surface area contributed by atoms with Crippen LogP contribution < -0.4 is 10.9 Å². The summed E-state index contributed by atoms with van der Waals surface area (Å²) in [6.07, 6.45) is 7.54. The second-order valence-electron chi connectivity index (χ2n) is 6.31. The van der Waals surface area contributed by atoms with Gasteiger partial charge in [-0.1, -0.05) is 0 Å². The lowest BCUT2D eigenvalue weighted by atomic mass is 10.2. The summed E-state index contributed by atoms with van der Waals surface area (Å²) in [7, 11) is 0. The maximum atomic E-state index is 12.5. The third-order valence-electron chi connectivity index (χ3n) is 4.41. The van der Waals surface area contributed by atoms with Crippen LogP contribution in [-0.2, 0) is 0 Å². The van der Waals surface area contributed by atoms with Crippen LogP contribution in [0.3, 0.4) is 0 Å². The maximum Gasteiger partial charge on any atom is 0.261 e. The van der Waals surface area contributed by atoms with Crippen LogP contribution in [0.2, 0.25) is 0 Å². The van der Waals surface area contributed by atoms with E-state index >= 15 is 0 Å². The van der Waals surface area contributed by atoms with Gasteiger partial charge in [0.2, 0.25) is 0 Å². The zero-order valence-electron chi connectivity index (χ0n) is 14.9. The molecule has 0 bridgehead atoms. The highest BCUT2D eigenvalue weighted by atomic mass is 16.3. The molecule has 4 N–H and O–H groups in total. The summed E-state index contributed by atoms with van der Waals surface area (Å²) in [6.45, 7) is 2.65. The number of aryl methyl sites for hydroxylation is 1. The first-order valence-corrected chi connectivity index (χ1v) is 8.73. The highest BCUT2D eigenvalue weighted by molar-refractivity contribution is 5.86. The summed E-state index contributed by atoms with van der Waals surface area (Å²) in [6, 6.07) is 5.81. The lowest BCUT2D eigenvalue weighted by molar-refractivity contribution is 0.292. The summed E-state index contributed by atoms with van der Waals surface area (Å²) in [4.78, 5) is 27.2. The fourth-order valence-corrected chi connectivity index (χ4v) is 3.11. The van der Waals surface area contributed by atoms with Crippen LogP contribution in [0.5, 0.6) is 0 Å². The molecule has 0 saturated heterocycles. The molecule has 4 aromatic rings. The van der Waals surface area contributed by atoms with E-state index in [0.717, 1.165) is 22.3 Å². The van der Waals surface area contributed by atoms with Crippen molar-refractivity contribution in [1.29, 1.82) is 0 Å². The topological polar surface area (TPSA) is 112 Å². The van der Waals surface area contributed by atoms with Gasteiger partial charge in [-0.3, -0.25) is 4.79 Å². The SMILES string of the molecule is Cc1cc(-n2ccnc2)cc2[nH]c(-c3c(NCCCO)cc[nH]c3=O)nc12. The molecule has 138 valence electrons. The number of aliphatic hydroxyl groups excluding tert-OH is 1. The molecule has 0 aliphatic rings. The van der Waals surface area contributed by atoms with Gasteiger partial charge >= 0.3 is 0 Å². The number of anilines is 1. The molecule has 4 rings (SSSR count). The molecular formula is C19H20N6O2. The average molecular weight is 364 g/mol. The van der Waals surface area contributed by atoms with E-state index in [1.54, 1.807) is 24.8 Å². The number of imidazole rings is 2. The van der Waals surface area contributed by atoms with Crippen LogP contribution in [0.15, 0.2) is 47.9 Å². The van der Waals surface area contributed by atoms with E-state index in [2.05, 4.69) is 25.3 Å². The van der Waals surface area contributed by atoms with Crippen molar-refractivity contribution in [2.75, 3.05) is 18.5 Å². The van der Waals surface area contributed by atoms with E-state index in [4.69, 9.17) is 5.11 Å². The third-order valence-corrected chi connectivity index (χ3v) is 4.41. The van der Waals surface area contributed by atoms with Crippen molar-refractivity contribution >= 4 is 16.7 Å². The number of nitrogens with zero attached hydrogens (tertiary/aromatic N) is 3. The first kappa shape index (κ1) is 17.0. The minimum atomic E-state index is -0.226. The van der Waals surface area contributed by atoms with Crippen molar-refractivity contribution in [3.8, 4) is 17.1 Å². The molecule has 3 aromatic heterocycles. The van der Waals surface area contributed by atoms with Gasteiger partial charge in [0, 0.05) is 37.4 Å². The van der Waals surface area contributed by atoms with Crippen LogP contribution in [0.4, 0.5) is 5.69 Å². The Labute approximate surface area is 154 Å². The Balaban J connectivity index is 1.81. The number of pyridine rings is 1. The lowest BCUT2D eigenvalue weighted by Crippen LogP contribution is -2.14. The number of hydrogen-bond acceptors (Lipinski definition) is 5. The predicted molar refractivity (Wildman–Crippen MR) is 104 cm³/mol. The van der Waals surface area contributed by atoms with E-state index in [1.807, 2.05) is 29.8 Å². The molecule has 8 heteroatoms. The van der Waals surface area contributed by atoms with Gasteiger partial charge in [0.15, 0.2) is 0 Å². The Bertz CT molecular complexity index is 1130. The first-order valence-electron chi connectivity index (χ1n) is 8.73. The normalized spacial score (nSPS) is 11.2. The third kappa shape index (κ3) is 3.22. The summed E-state index contributed by atoms with van der Waals surface area (Å²) >= 11 is 0. The van der Waals surface area contributed by atoms with E-state index in [9.17, 15) is 4.79 Å². The van der Waals surface area contributed by atoms with Crippen molar-refractivity contribution in [3.63, 3.8) is 0 Å². The van der Waals surface area contributed by atoms with Gasteiger partial charge in [0.25, 0.3) is 5.56 Å². The Kier molecular flexibility index (Phi) is 4.47. The van der Waals surface area contributed by atoms with Crippen LogP contribution in [-0.4, -0.2) is 42.8 Å². The standard InChI is InChI=1S/C19H20N6O2/c1-12-9-13(25-7-6-20-11-25)10-15-17(12)24-18(23-15)16-14(21-4-2-8-26)3-5-22-19(16)27/h3,5-7,9-11,26H,2,4,8H2,1H3,(H,23,24)(H2,21,22,27). The van der Waals surface area contributed by atoms with Gasteiger partial charge < -0.3 is 25.0 Å². The lowest BCUT2D eigenvalue weighted by Gasteiger charge is -2.08. The molecule has 0 amide bonds. The Morgan fingerprint density at radius 3 is 3.00 bits per heavy atom. The first-order chi connectivity index (χ1) is 13.2. The summed E-state index contributed by atoms with van der Waals surface area (Å²) < 4.78 is 1.92. The Hall–Kier alpha value is -3.39. The van der Waals surface area contributed by atoms with Crippen LogP contribution in [0.1, 0.15) is 12.0 Å². The number of aromatic nitrogens is 5. The van der Waals surface area contributed by atoms with Crippen molar-refractivity contribution in [1.82, 2.24) is 24.5 Å². The van der Waals surface area contributed by atoms with Crippen LogP contribution in [0.25, 0.3) is 28.1 Å². The zero-order chi connectivity index (χ0) is 18.8. The number of fused-ring (bicyclic) bond motifs is 1. The van der Waals surface area contributed by atoms with Gasteiger partial charge in [0.05, 0.1) is 23.0 Å². The number of rotatable bonds is 6. The summed E-state index contributed by atoms with van der Waals surface area (Å²) in [5.74, 6) is 0.504. The minimum absolute atomic E-state index is 0.0897. The van der Waals surface area contributed by atoms with Gasteiger partial charge in [-0.25, -0.2) is 9.97 Å². The zero-order valence-corrected chi connectivity index (χ0v) is 14.9. The van der Waals surface area contributed by atoms with Crippen molar-refractivity contribution in [2.24, 2.45) is 0 Å². The monoisotopic (exact) mass is 364 g/mol. The fourth-order valence-electron chi connectivity index (χ4n) is 3.11. The number of nitrogens with one attached hydrogen (secondary N) is 3. The van der Waals surface area contributed by atoms with Gasteiger partial charge in [-0.05, 0) is 37.1 Å². The molecule has 8 nitrogen and oxygen atoms in total. The van der Waals surface area contributed by atoms with E-state index < -0.39 is 0 Å².